The molecular formula is C27H20N8. The number of nitrogens with one attached hydrogen (secondary N) is 2. The summed E-state index contributed by atoms with van der Waals surface area (Å²) in [5.41, 5.74) is 14.1. The molecule has 0 amide bonds. The molecule has 6 rings (SSSR count). The monoisotopic (exact) mass is 456 g/mol. The van der Waals surface area contributed by atoms with Crippen molar-refractivity contribution in [2.24, 2.45) is 0 Å². The maximum atomic E-state index is 9.06. The lowest BCUT2D eigenvalue weighted by Crippen LogP contribution is -2.08. The molecule has 3 heterocycles. The van der Waals surface area contributed by atoms with Gasteiger partial charge in [0.15, 0.2) is 5.65 Å². The van der Waals surface area contributed by atoms with Crippen LogP contribution in [0.4, 0.5) is 5.82 Å². The van der Waals surface area contributed by atoms with Crippen molar-refractivity contribution in [1.82, 2.24) is 30.4 Å². The molecule has 0 saturated carbocycles. The molecule has 4 N–H and O–H groups in total. The van der Waals surface area contributed by atoms with Gasteiger partial charge in [0.1, 0.15) is 17.2 Å². The number of H-pyrrole nitrogens is 2. The Hall–Kier alpha value is -5.03. The average molecular weight is 457 g/mol. The Balaban J connectivity index is 1.40. The average Bonchev–Trinajstić information content (AvgIpc) is 3.53. The quantitative estimate of drug-likeness (QED) is 0.344. The SMILES string of the molecule is N#Cc1ccc(-c2ccc3nc(CC(c4ccccc4)c4cc(N)nc5[nH]nnc45)[nH]c3c2)cc1. The molecule has 1 unspecified atom stereocenters. The number of imidazole rings is 1. The van der Waals surface area contributed by atoms with E-state index in [1.807, 2.05) is 60.7 Å². The number of aromatic nitrogens is 6. The molecular weight excluding hydrogens is 436 g/mol. The van der Waals surface area contributed by atoms with Crippen molar-refractivity contribution in [3.63, 3.8) is 0 Å². The number of nitrogens with zero attached hydrogens (tertiary/aromatic N) is 5. The van der Waals surface area contributed by atoms with Gasteiger partial charge in [-0.3, -0.25) is 0 Å². The lowest BCUT2D eigenvalue weighted by Gasteiger charge is -2.17. The number of nitrogen functional groups attached to an aromatic ring is 1. The Labute approximate surface area is 200 Å². The molecule has 8 nitrogen and oxygen atoms in total. The van der Waals surface area contributed by atoms with Crippen LogP contribution in [0.1, 0.15) is 28.4 Å². The van der Waals surface area contributed by atoms with Gasteiger partial charge >= 0.3 is 0 Å². The van der Waals surface area contributed by atoms with Crippen LogP contribution < -0.4 is 5.73 Å². The van der Waals surface area contributed by atoms with Crippen molar-refractivity contribution >= 4 is 28.0 Å². The zero-order valence-electron chi connectivity index (χ0n) is 18.6. The maximum absolute atomic E-state index is 9.06. The fraction of sp³-hybridized carbons (Fsp3) is 0.0741. The third kappa shape index (κ3) is 3.85. The lowest BCUT2D eigenvalue weighted by atomic mass is 9.88. The minimum absolute atomic E-state index is 0.0485. The third-order valence-corrected chi connectivity index (χ3v) is 6.20. The highest BCUT2D eigenvalue weighted by atomic mass is 15.3. The molecule has 6 aromatic rings. The zero-order valence-corrected chi connectivity index (χ0v) is 18.6. The van der Waals surface area contributed by atoms with Crippen LogP contribution in [0.15, 0.2) is 78.9 Å². The van der Waals surface area contributed by atoms with E-state index in [2.05, 4.69) is 49.6 Å². The van der Waals surface area contributed by atoms with Crippen LogP contribution in [-0.2, 0) is 6.42 Å². The summed E-state index contributed by atoms with van der Waals surface area (Å²) >= 11 is 0. The third-order valence-electron chi connectivity index (χ3n) is 6.20. The second-order valence-corrected chi connectivity index (χ2v) is 8.42. The summed E-state index contributed by atoms with van der Waals surface area (Å²) in [5, 5.41) is 20.1. The first-order chi connectivity index (χ1) is 17.2. The highest BCUT2D eigenvalue weighted by Crippen LogP contribution is 2.33. The molecule has 0 saturated heterocycles. The van der Waals surface area contributed by atoms with Crippen molar-refractivity contribution in [3.8, 4) is 17.2 Å². The molecule has 0 bridgehead atoms. The number of rotatable bonds is 5. The number of nitrogens with two attached hydrogens (primary N) is 1. The first kappa shape index (κ1) is 20.6. The summed E-state index contributed by atoms with van der Waals surface area (Å²) in [6.07, 6.45) is 0.621. The van der Waals surface area contributed by atoms with E-state index in [9.17, 15) is 0 Å². The van der Waals surface area contributed by atoms with Gasteiger partial charge in [0.05, 0.1) is 22.7 Å². The van der Waals surface area contributed by atoms with Gasteiger partial charge in [-0.15, -0.1) is 5.10 Å². The van der Waals surface area contributed by atoms with E-state index < -0.39 is 0 Å². The zero-order chi connectivity index (χ0) is 23.8. The number of hydrogen-bond donors (Lipinski definition) is 3. The van der Waals surface area contributed by atoms with Gasteiger partial charge in [-0.05, 0) is 52.6 Å². The second kappa shape index (κ2) is 8.39. The number of nitriles is 1. The van der Waals surface area contributed by atoms with Crippen LogP contribution in [0.25, 0.3) is 33.3 Å². The van der Waals surface area contributed by atoms with E-state index in [4.69, 9.17) is 16.0 Å². The van der Waals surface area contributed by atoms with E-state index in [1.165, 1.54) is 0 Å². The smallest absolute Gasteiger partial charge is 0.178 e. The van der Waals surface area contributed by atoms with E-state index in [-0.39, 0.29) is 5.92 Å². The minimum atomic E-state index is -0.0485. The normalized spacial score (nSPS) is 12.1. The minimum Gasteiger partial charge on any atom is -0.384 e. The summed E-state index contributed by atoms with van der Waals surface area (Å²) in [7, 11) is 0. The molecule has 35 heavy (non-hydrogen) atoms. The lowest BCUT2D eigenvalue weighted by molar-refractivity contribution is 0.771. The largest absolute Gasteiger partial charge is 0.384 e. The number of fused-ring (bicyclic) bond motifs is 2. The van der Waals surface area contributed by atoms with E-state index in [0.717, 1.165) is 39.1 Å². The Morgan fingerprint density at radius 1 is 0.914 bits per heavy atom. The molecule has 0 aliphatic carbocycles. The summed E-state index contributed by atoms with van der Waals surface area (Å²) in [4.78, 5) is 12.7. The van der Waals surface area contributed by atoms with E-state index >= 15 is 0 Å². The standard InChI is InChI=1S/C27H20N8/c28-15-16-6-8-17(9-7-16)19-10-11-22-23(12-19)31-25(30-22)14-20(18-4-2-1-3-5-18)21-13-24(29)32-27-26(21)33-35-34-27/h1-13,20H,14H2,(H,30,31)(H3,29,32,33,34,35). The maximum Gasteiger partial charge on any atom is 0.178 e. The van der Waals surface area contributed by atoms with Gasteiger partial charge in [-0.25, -0.2) is 15.1 Å². The van der Waals surface area contributed by atoms with Gasteiger partial charge in [0, 0.05) is 12.3 Å². The van der Waals surface area contributed by atoms with Gasteiger partial charge in [-0.1, -0.05) is 53.7 Å². The molecule has 0 aliphatic rings. The van der Waals surface area contributed by atoms with Crippen molar-refractivity contribution in [2.75, 3.05) is 5.73 Å². The molecule has 0 aliphatic heterocycles. The first-order valence-electron chi connectivity index (χ1n) is 11.2. The summed E-state index contributed by atoms with van der Waals surface area (Å²) < 4.78 is 0. The number of pyridine rings is 1. The fourth-order valence-electron chi connectivity index (χ4n) is 4.51. The number of aromatic amines is 2. The number of benzene rings is 3. The van der Waals surface area contributed by atoms with Gasteiger partial charge < -0.3 is 10.7 Å². The molecule has 168 valence electrons. The van der Waals surface area contributed by atoms with E-state index in [1.54, 1.807) is 0 Å². The summed E-state index contributed by atoms with van der Waals surface area (Å²) in [6, 6.07) is 28.0. The van der Waals surface area contributed by atoms with Crippen molar-refractivity contribution in [1.29, 1.82) is 5.26 Å². The number of hydrogen-bond acceptors (Lipinski definition) is 6. The fourth-order valence-corrected chi connectivity index (χ4v) is 4.51. The molecule has 8 heteroatoms. The van der Waals surface area contributed by atoms with Gasteiger partial charge in [0.25, 0.3) is 0 Å². The Morgan fingerprint density at radius 2 is 1.71 bits per heavy atom. The molecule has 0 spiro atoms. The Kier molecular flexibility index (Phi) is 4.93. The van der Waals surface area contributed by atoms with Crippen molar-refractivity contribution < 1.29 is 0 Å². The van der Waals surface area contributed by atoms with E-state index in [0.29, 0.717) is 29.0 Å². The Morgan fingerprint density at radius 3 is 2.51 bits per heavy atom. The molecule has 0 radical (unpaired) electrons. The highest BCUT2D eigenvalue weighted by molar-refractivity contribution is 5.82. The number of anilines is 1. The van der Waals surface area contributed by atoms with Gasteiger partial charge in [0.2, 0.25) is 0 Å². The molecule has 3 aromatic heterocycles. The predicted octanol–water partition coefficient (Wildman–Crippen LogP) is 4.72. The predicted molar refractivity (Wildman–Crippen MR) is 134 cm³/mol. The van der Waals surface area contributed by atoms with Crippen molar-refractivity contribution in [2.45, 2.75) is 12.3 Å². The second-order valence-electron chi connectivity index (χ2n) is 8.42. The van der Waals surface area contributed by atoms with Crippen LogP contribution in [0.2, 0.25) is 0 Å². The highest BCUT2D eigenvalue weighted by Gasteiger charge is 2.22. The van der Waals surface area contributed by atoms with Crippen LogP contribution in [-0.4, -0.2) is 30.4 Å². The Bertz CT molecular complexity index is 1690. The summed E-state index contributed by atoms with van der Waals surface area (Å²) in [6.45, 7) is 0. The summed E-state index contributed by atoms with van der Waals surface area (Å²) in [5.74, 6) is 1.22. The van der Waals surface area contributed by atoms with Crippen LogP contribution in [0, 0.1) is 11.3 Å². The molecule has 0 fully saturated rings. The molecule has 1 atom stereocenters. The van der Waals surface area contributed by atoms with Crippen LogP contribution in [0.3, 0.4) is 0 Å². The molecule has 3 aromatic carbocycles. The van der Waals surface area contributed by atoms with Gasteiger partial charge in [-0.2, -0.15) is 5.26 Å². The van der Waals surface area contributed by atoms with Crippen molar-refractivity contribution in [3.05, 3.63) is 101 Å². The van der Waals surface area contributed by atoms with Crippen LogP contribution in [0.5, 0.6) is 0 Å². The topological polar surface area (TPSA) is 133 Å². The first-order valence-corrected chi connectivity index (χ1v) is 11.2. The van der Waals surface area contributed by atoms with Crippen LogP contribution >= 0.6 is 0 Å².